The van der Waals surface area contributed by atoms with Gasteiger partial charge in [-0.25, -0.2) is 4.98 Å². The predicted octanol–water partition coefficient (Wildman–Crippen LogP) is 3.14. The Bertz CT molecular complexity index is 770. The summed E-state index contributed by atoms with van der Waals surface area (Å²) < 4.78 is 7.72. The minimum Gasteiger partial charge on any atom is -0.457 e. The Morgan fingerprint density at radius 2 is 1.91 bits per heavy atom. The van der Waals surface area contributed by atoms with Gasteiger partial charge in [-0.3, -0.25) is 4.79 Å². The number of carbonyl (C=O) groups excluding carboxylic acids is 1. The van der Waals surface area contributed by atoms with E-state index in [4.69, 9.17) is 10.5 Å². The fourth-order valence-corrected chi connectivity index (χ4v) is 2.45. The average molecular weight is 307 g/mol. The summed E-state index contributed by atoms with van der Waals surface area (Å²) in [5.41, 5.74) is 6.33. The van der Waals surface area contributed by atoms with Crippen LogP contribution in [0.2, 0.25) is 0 Å². The van der Waals surface area contributed by atoms with Crippen molar-refractivity contribution in [3.05, 3.63) is 78.9 Å². The summed E-state index contributed by atoms with van der Waals surface area (Å²) in [5.74, 6) is 1.11. The van der Waals surface area contributed by atoms with Gasteiger partial charge < -0.3 is 15.0 Å². The molecule has 3 aromatic rings. The largest absolute Gasteiger partial charge is 0.457 e. The molecule has 0 aliphatic carbocycles. The summed E-state index contributed by atoms with van der Waals surface area (Å²) in [6, 6.07) is 17.0. The van der Waals surface area contributed by atoms with Gasteiger partial charge in [0.05, 0.1) is 18.8 Å². The molecule has 0 radical (unpaired) electrons. The van der Waals surface area contributed by atoms with E-state index in [1.54, 1.807) is 12.5 Å². The first-order chi connectivity index (χ1) is 11.2. The SMILES string of the molecule is NC(=O)CC(c1cccc(Oc2ccccc2)c1)n1ccnc1. The number of hydrogen-bond acceptors (Lipinski definition) is 3. The summed E-state index contributed by atoms with van der Waals surface area (Å²) >= 11 is 0. The second-order valence-corrected chi connectivity index (χ2v) is 5.18. The van der Waals surface area contributed by atoms with Gasteiger partial charge in [0.15, 0.2) is 0 Å². The molecule has 2 N–H and O–H groups in total. The maximum absolute atomic E-state index is 11.4. The van der Waals surface area contributed by atoms with Crippen molar-refractivity contribution in [2.75, 3.05) is 0 Å². The van der Waals surface area contributed by atoms with Crippen molar-refractivity contribution in [2.45, 2.75) is 12.5 Å². The van der Waals surface area contributed by atoms with Crippen molar-refractivity contribution < 1.29 is 9.53 Å². The van der Waals surface area contributed by atoms with E-state index in [1.807, 2.05) is 65.4 Å². The number of nitrogens with two attached hydrogens (primary N) is 1. The number of para-hydroxylation sites is 1. The Labute approximate surface area is 134 Å². The number of nitrogens with zero attached hydrogens (tertiary/aromatic N) is 2. The van der Waals surface area contributed by atoms with Crippen LogP contribution in [-0.4, -0.2) is 15.5 Å². The lowest BCUT2D eigenvalue weighted by molar-refractivity contribution is -0.118. The summed E-state index contributed by atoms with van der Waals surface area (Å²) in [7, 11) is 0. The molecule has 1 unspecified atom stereocenters. The zero-order valence-electron chi connectivity index (χ0n) is 12.5. The number of carbonyl (C=O) groups is 1. The van der Waals surface area contributed by atoms with Gasteiger partial charge in [-0.1, -0.05) is 30.3 Å². The molecule has 0 aliphatic rings. The number of rotatable bonds is 6. The number of amides is 1. The molecule has 1 heterocycles. The van der Waals surface area contributed by atoms with Gasteiger partial charge in [0.25, 0.3) is 0 Å². The van der Waals surface area contributed by atoms with E-state index < -0.39 is 0 Å². The highest BCUT2D eigenvalue weighted by Crippen LogP contribution is 2.27. The summed E-state index contributed by atoms with van der Waals surface area (Å²) in [6.45, 7) is 0. The molecule has 5 nitrogen and oxygen atoms in total. The van der Waals surface area contributed by atoms with Crippen LogP contribution in [0.15, 0.2) is 73.3 Å². The highest BCUT2D eigenvalue weighted by atomic mass is 16.5. The monoisotopic (exact) mass is 307 g/mol. The van der Waals surface area contributed by atoms with E-state index in [0.29, 0.717) is 5.75 Å². The number of benzene rings is 2. The number of imidazole rings is 1. The third-order valence-electron chi connectivity index (χ3n) is 3.50. The third kappa shape index (κ3) is 3.77. The van der Waals surface area contributed by atoms with Crippen molar-refractivity contribution >= 4 is 5.91 Å². The van der Waals surface area contributed by atoms with Crippen LogP contribution in [0.4, 0.5) is 0 Å². The Kier molecular flexibility index (Phi) is 4.38. The predicted molar refractivity (Wildman–Crippen MR) is 87.1 cm³/mol. The van der Waals surface area contributed by atoms with E-state index in [9.17, 15) is 4.79 Å². The van der Waals surface area contributed by atoms with Gasteiger partial charge in [-0.05, 0) is 29.8 Å². The van der Waals surface area contributed by atoms with Gasteiger partial charge >= 0.3 is 0 Å². The molecule has 2 aromatic carbocycles. The lowest BCUT2D eigenvalue weighted by Crippen LogP contribution is -2.19. The van der Waals surface area contributed by atoms with Crippen LogP contribution in [0.1, 0.15) is 18.0 Å². The lowest BCUT2D eigenvalue weighted by Gasteiger charge is -2.18. The molecule has 0 saturated carbocycles. The zero-order valence-corrected chi connectivity index (χ0v) is 12.5. The van der Waals surface area contributed by atoms with Crippen LogP contribution in [0, 0.1) is 0 Å². The average Bonchev–Trinajstić information content (AvgIpc) is 3.08. The normalized spacial score (nSPS) is 11.8. The van der Waals surface area contributed by atoms with Gasteiger partial charge in [-0.2, -0.15) is 0 Å². The third-order valence-corrected chi connectivity index (χ3v) is 3.50. The highest BCUT2D eigenvalue weighted by Gasteiger charge is 2.16. The van der Waals surface area contributed by atoms with E-state index in [-0.39, 0.29) is 18.4 Å². The van der Waals surface area contributed by atoms with E-state index in [1.165, 1.54) is 0 Å². The summed E-state index contributed by atoms with van der Waals surface area (Å²) in [5, 5.41) is 0. The van der Waals surface area contributed by atoms with E-state index >= 15 is 0 Å². The van der Waals surface area contributed by atoms with Crippen molar-refractivity contribution in [3.8, 4) is 11.5 Å². The minimum atomic E-state index is -0.363. The van der Waals surface area contributed by atoms with Crippen molar-refractivity contribution in [3.63, 3.8) is 0 Å². The summed E-state index contributed by atoms with van der Waals surface area (Å²) in [4.78, 5) is 15.5. The van der Waals surface area contributed by atoms with Gasteiger partial charge in [0, 0.05) is 12.4 Å². The molecule has 1 atom stereocenters. The van der Waals surface area contributed by atoms with Crippen molar-refractivity contribution in [1.82, 2.24) is 9.55 Å². The van der Waals surface area contributed by atoms with Crippen LogP contribution in [0.5, 0.6) is 11.5 Å². The smallest absolute Gasteiger partial charge is 0.219 e. The molecule has 0 saturated heterocycles. The first-order valence-corrected chi connectivity index (χ1v) is 7.31. The standard InChI is InChI=1S/C18H17N3O2/c19-18(22)12-17(21-10-9-20-13-21)14-5-4-8-16(11-14)23-15-6-2-1-3-7-15/h1-11,13,17H,12H2,(H2,19,22). The molecule has 0 fully saturated rings. The fourth-order valence-electron chi connectivity index (χ4n) is 2.45. The van der Waals surface area contributed by atoms with E-state index in [2.05, 4.69) is 4.98 Å². The van der Waals surface area contributed by atoms with Crippen molar-refractivity contribution in [1.29, 1.82) is 0 Å². The molecule has 0 aliphatic heterocycles. The van der Waals surface area contributed by atoms with Crippen LogP contribution >= 0.6 is 0 Å². The number of primary amides is 1. The van der Waals surface area contributed by atoms with E-state index in [0.717, 1.165) is 11.3 Å². The van der Waals surface area contributed by atoms with Gasteiger partial charge in [-0.15, -0.1) is 0 Å². The molecular formula is C18H17N3O2. The fraction of sp³-hybridized carbons (Fsp3) is 0.111. The quantitative estimate of drug-likeness (QED) is 0.760. The highest BCUT2D eigenvalue weighted by molar-refractivity contribution is 5.74. The van der Waals surface area contributed by atoms with Crippen molar-refractivity contribution in [2.24, 2.45) is 5.73 Å². The minimum absolute atomic E-state index is 0.200. The lowest BCUT2D eigenvalue weighted by atomic mass is 10.0. The topological polar surface area (TPSA) is 70.1 Å². The van der Waals surface area contributed by atoms with Crippen LogP contribution < -0.4 is 10.5 Å². The van der Waals surface area contributed by atoms with Gasteiger partial charge in [0.1, 0.15) is 11.5 Å². The number of hydrogen-bond donors (Lipinski definition) is 1. The van der Waals surface area contributed by atoms with Crippen LogP contribution in [0.3, 0.4) is 0 Å². The first kappa shape index (κ1) is 14.8. The van der Waals surface area contributed by atoms with Crippen LogP contribution in [-0.2, 0) is 4.79 Å². The number of ether oxygens (including phenoxy) is 1. The molecule has 1 aromatic heterocycles. The van der Waals surface area contributed by atoms with Crippen LogP contribution in [0.25, 0.3) is 0 Å². The zero-order chi connectivity index (χ0) is 16.1. The Hall–Kier alpha value is -3.08. The molecule has 1 amide bonds. The molecule has 0 spiro atoms. The Morgan fingerprint density at radius 3 is 2.61 bits per heavy atom. The molecule has 5 heteroatoms. The molecule has 3 rings (SSSR count). The molecule has 0 bridgehead atoms. The second-order valence-electron chi connectivity index (χ2n) is 5.18. The maximum atomic E-state index is 11.4. The Morgan fingerprint density at radius 1 is 1.13 bits per heavy atom. The number of aromatic nitrogens is 2. The summed E-state index contributed by atoms with van der Waals surface area (Å²) in [6.07, 6.45) is 5.38. The molecule has 116 valence electrons. The second kappa shape index (κ2) is 6.79. The molecular weight excluding hydrogens is 290 g/mol. The Balaban J connectivity index is 1.88. The maximum Gasteiger partial charge on any atom is 0.219 e. The molecule has 23 heavy (non-hydrogen) atoms. The first-order valence-electron chi connectivity index (χ1n) is 7.31. The van der Waals surface area contributed by atoms with Gasteiger partial charge in [0.2, 0.25) is 5.91 Å².